The van der Waals surface area contributed by atoms with E-state index < -0.39 is 6.04 Å². The largest absolute Gasteiger partial charge is 0.348 e. The van der Waals surface area contributed by atoms with E-state index in [-0.39, 0.29) is 5.91 Å². The van der Waals surface area contributed by atoms with Crippen molar-refractivity contribution in [3.63, 3.8) is 0 Å². The maximum atomic E-state index is 11.7. The van der Waals surface area contributed by atoms with Crippen molar-refractivity contribution in [2.75, 3.05) is 0 Å². The van der Waals surface area contributed by atoms with Gasteiger partial charge in [0.15, 0.2) is 0 Å². The highest BCUT2D eigenvalue weighted by Gasteiger charge is 2.13. The summed E-state index contributed by atoms with van der Waals surface area (Å²) < 4.78 is 0. The monoisotopic (exact) mass is 290 g/mol. The minimum Gasteiger partial charge on any atom is -0.348 e. The lowest BCUT2D eigenvalue weighted by molar-refractivity contribution is -0.122. The summed E-state index contributed by atoms with van der Waals surface area (Å²) in [5, 5.41) is 12.6. The van der Waals surface area contributed by atoms with Gasteiger partial charge in [-0.05, 0) is 6.42 Å². The van der Waals surface area contributed by atoms with Gasteiger partial charge in [-0.3, -0.25) is 4.79 Å². The van der Waals surface area contributed by atoms with Crippen molar-refractivity contribution in [2.45, 2.75) is 32.4 Å². The third-order valence-corrected chi connectivity index (χ3v) is 3.81. The van der Waals surface area contributed by atoms with Crippen LogP contribution in [0.2, 0.25) is 0 Å². The molecule has 1 amide bonds. The van der Waals surface area contributed by atoms with Crippen LogP contribution in [0.4, 0.5) is 0 Å². The molecule has 20 heavy (non-hydrogen) atoms. The first-order chi connectivity index (χ1) is 9.70. The number of rotatable bonds is 6. The highest BCUT2D eigenvalue weighted by atomic mass is 32.1. The van der Waals surface area contributed by atoms with E-state index in [1.165, 1.54) is 11.3 Å². The first-order valence-electron chi connectivity index (χ1n) is 6.61. The van der Waals surface area contributed by atoms with Crippen molar-refractivity contribution >= 4 is 17.2 Å². The number of nitrogens with one attached hydrogen (secondary N) is 1. The van der Waals surface area contributed by atoms with Crippen LogP contribution in [0.5, 0.6) is 0 Å². The maximum Gasteiger partial charge on any atom is 0.237 e. The van der Waals surface area contributed by atoms with Gasteiger partial charge >= 0.3 is 0 Å². The Balaban J connectivity index is 1.92. The molecule has 5 nitrogen and oxygen atoms in total. The molecule has 3 N–H and O–H groups in total. The fraction of sp³-hybridized carbons (Fsp3) is 0.357. The average Bonchev–Trinajstić information content (AvgIpc) is 2.95. The van der Waals surface area contributed by atoms with Crippen LogP contribution in [0.15, 0.2) is 30.3 Å². The molecule has 1 aromatic carbocycles. The summed E-state index contributed by atoms with van der Waals surface area (Å²) in [6, 6.07) is 9.41. The van der Waals surface area contributed by atoms with E-state index in [1.54, 1.807) is 0 Å². The fourth-order valence-electron chi connectivity index (χ4n) is 1.76. The Kier molecular flexibility index (Phi) is 5.20. The summed E-state index contributed by atoms with van der Waals surface area (Å²) in [6.45, 7) is 2.38. The number of nitrogens with zero attached hydrogens (tertiary/aromatic N) is 2. The van der Waals surface area contributed by atoms with E-state index >= 15 is 0 Å². The molecule has 0 radical (unpaired) electrons. The van der Waals surface area contributed by atoms with Gasteiger partial charge in [0.05, 0.1) is 12.6 Å². The minimum absolute atomic E-state index is 0.136. The van der Waals surface area contributed by atoms with Gasteiger partial charge in [-0.1, -0.05) is 55.0 Å². The Bertz CT molecular complexity index is 555. The summed E-state index contributed by atoms with van der Waals surface area (Å²) in [5.74, 6) is -0.136. The van der Waals surface area contributed by atoms with Crippen LogP contribution >= 0.6 is 11.3 Å². The molecular weight excluding hydrogens is 272 g/mol. The lowest BCUT2D eigenvalue weighted by Gasteiger charge is -2.09. The van der Waals surface area contributed by atoms with Gasteiger partial charge in [0.2, 0.25) is 5.91 Å². The van der Waals surface area contributed by atoms with Crippen molar-refractivity contribution in [3.8, 4) is 10.6 Å². The molecule has 2 rings (SSSR count). The number of aromatic nitrogens is 2. The first-order valence-corrected chi connectivity index (χ1v) is 7.43. The number of carbonyl (C=O) groups excluding carboxylic acids is 1. The zero-order chi connectivity index (χ0) is 14.4. The second-order valence-corrected chi connectivity index (χ2v) is 5.54. The van der Waals surface area contributed by atoms with Crippen LogP contribution in [-0.2, 0) is 11.3 Å². The highest BCUT2D eigenvalue weighted by Crippen LogP contribution is 2.22. The van der Waals surface area contributed by atoms with Crippen LogP contribution in [0.1, 0.15) is 24.8 Å². The third-order valence-electron chi connectivity index (χ3n) is 2.84. The summed E-state index contributed by atoms with van der Waals surface area (Å²) in [7, 11) is 0. The molecule has 6 heteroatoms. The number of hydrogen-bond donors (Lipinski definition) is 2. The highest BCUT2D eigenvalue weighted by molar-refractivity contribution is 7.14. The molecule has 1 unspecified atom stereocenters. The second kappa shape index (κ2) is 7.12. The zero-order valence-electron chi connectivity index (χ0n) is 11.4. The molecule has 0 aliphatic rings. The van der Waals surface area contributed by atoms with Crippen molar-refractivity contribution in [1.82, 2.24) is 15.5 Å². The van der Waals surface area contributed by atoms with Crippen LogP contribution < -0.4 is 11.1 Å². The topological polar surface area (TPSA) is 80.9 Å². The average molecular weight is 290 g/mol. The lowest BCUT2D eigenvalue weighted by atomic mass is 10.2. The number of benzene rings is 1. The predicted molar refractivity (Wildman–Crippen MR) is 80.1 cm³/mol. The number of amides is 1. The van der Waals surface area contributed by atoms with Crippen molar-refractivity contribution < 1.29 is 4.79 Å². The third kappa shape index (κ3) is 3.85. The smallest absolute Gasteiger partial charge is 0.237 e. The second-order valence-electron chi connectivity index (χ2n) is 4.48. The van der Waals surface area contributed by atoms with Crippen molar-refractivity contribution in [1.29, 1.82) is 0 Å². The Labute approximate surface area is 122 Å². The first kappa shape index (κ1) is 14.6. The Morgan fingerprint density at radius 2 is 2.10 bits per heavy atom. The van der Waals surface area contributed by atoms with Crippen molar-refractivity contribution in [2.24, 2.45) is 5.73 Å². The Hall–Kier alpha value is -1.79. The molecule has 1 atom stereocenters. The number of hydrogen-bond acceptors (Lipinski definition) is 5. The molecule has 0 bridgehead atoms. The zero-order valence-corrected chi connectivity index (χ0v) is 12.2. The van der Waals surface area contributed by atoms with Gasteiger partial charge in [-0.15, -0.1) is 10.2 Å². The van der Waals surface area contributed by atoms with Gasteiger partial charge < -0.3 is 11.1 Å². The fourth-order valence-corrected chi connectivity index (χ4v) is 2.54. The van der Waals surface area contributed by atoms with E-state index in [0.717, 1.165) is 22.0 Å². The van der Waals surface area contributed by atoms with E-state index in [2.05, 4.69) is 15.5 Å². The van der Waals surface area contributed by atoms with Gasteiger partial charge in [0.1, 0.15) is 10.0 Å². The van der Waals surface area contributed by atoms with Crippen molar-refractivity contribution in [3.05, 3.63) is 35.3 Å². The number of carbonyl (C=O) groups is 1. The Morgan fingerprint density at radius 1 is 1.35 bits per heavy atom. The lowest BCUT2D eigenvalue weighted by Crippen LogP contribution is -2.40. The quantitative estimate of drug-likeness (QED) is 0.852. The molecule has 0 saturated heterocycles. The van der Waals surface area contributed by atoms with E-state index in [1.807, 2.05) is 37.3 Å². The SMILES string of the molecule is CCCC(N)C(=O)NCc1nnc(-c2ccccc2)s1. The molecule has 1 aromatic heterocycles. The van der Waals surface area contributed by atoms with Crippen LogP contribution in [-0.4, -0.2) is 22.1 Å². The van der Waals surface area contributed by atoms with Crippen LogP contribution in [0.3, 0.4) is 0 Å². The maximum absolute atomic E-state index is 11.7. The minimum atomic E-state index is -0.443. The molecule has 0 fully saturated rings. The summed E-state index contributed by atoms with van der Waals surface area (Å²) >= 11 is 1.48. The van der Waals surface area contributed by atoms with Crippen LogP contribution in [0, 0.1) is 0 Å². The molecule has 0 saturated carbocycles. The van der Waals surface area contributed by atoms with Gasteiger partial charge in [-0.2, -0.15) is 0 Å². The van der Waals surface area contributed by atoms with E-state index in [0.29, 0.717) is 13.0 Å². The molecule has 0 aliphatic heterocycles. The predicted octanol–water partition coefficient (Wildman–Crippen LogP) is 1.95. The molecular formula is C14H18N4OS. The van der Waals surface area contributed by atoms with Crippen LogP contribution in [0.25, 0.3) is 10.6 Å². The molecule has 0 aliphatic carbocycles. The number of nitrogens with two attached hydrogens (primary N) is 1. The summed E-state index contributed by atoms with van der Waals surface area (Å²) in [4.78, 5) is 11.7. The molecule has 2 aromatic rings. The van der Waals surface area contributed by atoms with E-state index in [4.69, 9.17) is 5.73 Å². The van der Waals surface area contributed by atoms with E-state index in [9.17, 15) is 4.79 Å². The standard InChI is InChI=1S/C14H18N4OS/c1-2-6-11(15)13(19)16-9-12-17-18-14(20-12)10-7-4-3-5-8-10/h3-5,7-8,11H,2,6,9,15H2,1H3,(H,16,19). The van der Waals surface area contributed by atoms with Gasteiger partial charge in [-0.25, -0.2) is 0 Å². The van der Waals surface area contributed by atoms with Gasteiger partial charge in [0.25, 0.3) is 0 Å². The Morgan fingerprint density at radius 3 is 2.80 bits per heavy atom. The van der Waals surface area contributed by atoms with Gasteiger partial charge in [0, 0.05) is 5.56 Å². The summed E-state index contributed by atoms with van der Waals surface area (Å²) in [5.41, 5.74) is 6.78. The molecule has 0 spiro atoms. The summed E-state index contributed by atoms with van der Waals surface area (Å²) in [6.07, 6.45) is 1.59. The molecule has 106 valence electrons. The normalized spacial score (nSPS) is 12.1. The molecule has 1 heterocycles.